The molecule has 0 heterocycles. The number of benzene rings is 1. The van der Waals surface area contributed by atoms with E-state index in [4.69, 9.17) is 9.47 Å². The summed E-state index contributed by atoms with van der Waals surface area (Å²) in [5.41, 5.74) is 0.0758. The number of rotatable bonds is 6. The lowest BCUT2D eigenvalue weighted by Gasteiger charge is -2.23. The average Bonchev–Trinajstić information content (AvgIpc) is 2.51. The van der Waals surface area contributed by atoms with Crippen LogP contribution in [-0.4, -0.2) is 36.7 Å². The first-order valence-electron chi connectivity index (χ1n) is 8.14. The Hall–Kier alpha value is -2.09. The summed E-state index contributed by atoms with van der Waals surface area (Å²) in [5.74, 6) is -0.896. The predicted molar refractivity (Wildman–Crippen MR) is 100 cm³/mol. The highest BCUT2D eigenvalue weighted by Gasteiger charge is 2.25. The van der Waals surface area contributed by atoms with Gasteiger partial charge in [-0.15, -0.1) is 0 Å². The molecule has 144 valence electrons. The molecule has 2 unspecified atom stereocenters. The second-order valence-corrected chi connectivity index (χ2v) is 7.68. The van der Waals surface area contributed by atoms with Crippen LogP contribution in [0.5, 0.6) is 0 Å². The molecule has 0 radical (unpaired) electrons. The minimum atomic E-state index is -0.836. The lowest BCUT2D eigenvalue weighted by molar-refractivity contribution is -0.141. The number of hydrogen-bond donors (Lipinski definition) is 2. The molecule has 2 amide bonds. The molecule has 0 aromatic heterocycles. The zero-order valence-corrected chi connectivity index (χ0v) is 17.2. The summed E-state index contributed by atoms with van der Waals surface area (Å²) in [6.07, 6.45) is -0.718. The minimum absolute atomic E-state index is 0.0299. The van der Waals surface area contributed by atoms with Gasteiger partial charge < -0.3 is 20.1 Å². The maximum Gasteiger partial charge on any atom is 0.408 e. The summed E-state index contributed by atoms with van der Waals surface area (Å²) < 4.78 is 10.7. The third-order valence-electron chi connectivity index (χ3n) is 3.29. The van der Waals surface area contributed by atoms with E-state index >= 15 is 0 Å². The summed E-state index contributed by atoms with van der Waals surface area (Å²) in [6, 6.07) is 5.82. The summed E-state index contributed by atoms with van der Waals surface area (Å²) in [4.78, 5) is 35.9. The smallest absolute Gasteiger partial charge is 0.408 e. The summed E-state index contributed by atoms with van der Waals surface area (Å²) in [6.45, 7) is 6.74. The molecule has 0 saturated heterocycles. The molecular weight excluding hydrogens is 404 g/mol. The number of carbonyl (C=O) groups excluding carboxylic acids is 3. The summed E-state index contributed by atoms with van der Waals surface area (Å²) in [5, 5.41) is 5.24. The maximum absolute atomic E-state index is 12.4. The Morgan fingerprint density at radius 3 is 2.38 bits per heavy atom. The monoisotopic (exact) mass is 428 g/mol. The van der Waals surface area contributed by atoms with Crippen LogP contribution in [0.15, 0.2) is 28.7 Å². The molecule has 8 heteroatoms. The molecular formula is C18H25BrN2O5. The van der Waals surface area contributed by atoms with Gasteiger partial charge in [0.05, 0.1) is 19.6 Å². The molecule has 0 spiro atoms. The van der Waals surface area contributed by atoms with Crippen molar-refractivity contribution >= 4 is 33.9 Å². The third kappa shape index (κ3) is 7.86. The van der Waals surface area contributed by atoms with Crippen LogP contribution in [0.2, 0.25) is 0 Å². The molecule has 1 rings (SSSR count). The molecule has 2 N–H and O–H groups in total. The van der Waals surface area contributed by atoms with E-state index in [9.17, 15) is 14.4 Å². The Morgan fingerprint density at radius 2 is 1.85 bits per heavy atom. The number of alkyl carbamates (subject to hydrolysis) is 1. The van der Waals surface area contributed by atoms with Gasteiger partial charge in [0, 0.05) is 4.47 Å². The van der Waals surface area contributed by atoms with Gasteiger partial charge in [0.15, 0.2) is 0 Å². The first kappa shape index (κ1) is 22.0. The van der Waals surface area contributed by atoms with Crippen molar-refractivity contribution in [1.82, 2.24) is 10.6 Å². The number of hydrogen-bond acceptors (Lipinski definition) is 5. The highest BCUT2D eigenvalue weighted by atomic mass is 79.9. The minimum Gasteiger partial charge on any atom is -0.469 e. The van der Waals surface area contributed by atoms with Crippen molar-refractivity contribution in [1.29, 1.82) is 0 Å². The van der Waals surface area contributed by atoms with Crippen LogP contribution in [0, 0.1) is 0 Å². The highest BCUT2D eigenvalue weighted by Crippen LogP contribution is 2.21. The first-order valence-corrected chi connectivity index (χ1v) is 8.93. The number of amides is 2. The average molecular weight is 429 g/mol. The van der Waals surface area contributed by atoms with Crippen LogP contribution < -0.4 is 10.6 Å². The molecule has 1 aromatic carbocycles. The zero-order valence-electron chi connectivity index (χ0n) is 15.6. The molecule has 26 heavy (non-hydrogen) atoms. The molecule has 1 aromatic rings. The van der Waals surface area contributed by atoms with Gasteiger partial charge in [-0.05, 0) is 45.4 Å². The Balaban J connectivity index is 2.81. The van der Waals surface area contributed by atoms with Gasteiger partial charge in [-0.3, -0.25) is 9.59 Å². The van der Waals surface area contributed by atoms with Crippen molar-refractivity contribution in [2.45, 2.75) is 51.8 Å². The largest absolute Gasteiger partial charge is 0.469 e. The molecule has 0 aliphatic rings. The fourth-order valence-electron chi connectivity index (χ4n) is 2.07. The maximum atomic E-state index is 12.4. The number of halogens is 1. The summed E-state index contributed by atoms with van der Waals surface area (Å²) in [7, 11) is 1.29. The second kappa shape index (κ2) is 9.56. The Kier molecular flexibility index (Phi) is 8.08. The third-order valence-corrected chi connectivity index (χ3v) is 3.79. The molecule has 2 atom stereocenters. The highest BCUT2D eigenvalue weighted by molar-refractivity contribution is 9.10. The van der Waals surface area contributed by atoms with E-state index in [1.807, 2.05) is 6.07 Å². The Labute approximate surface area is 161 Å². The van der Waals surface area contributed by atoms with Gasteiger partial charge in [-0.2, -0.15) is 0 Å². The molecule has 0 aliphatic carbocycles. The lowest BCUT2D eigenvalue weighted by Crippen LogP contribution is -2.47. The molecule has 0 saturated carbocycles. The number of carbonyl (C=O) groups is 3. The van der Waals surface area contributed by atoms with Crippen molar-refractivity contribution in [2.75, 3.05) is 7.11 Å². The number of methoxy groups -OCH3 is 1. The van der Waals surface area contributed by atoms with E-state index < -0.39 is 35.7 Å². The van der Waals surface area contributed by atoms with Crippen LogP contribution in [0.25, 0.3) is 0 Å². The number of nitrogens with one attached hydrogen (secondary N) is 2. The molecule has 0 aliphatic heterocycles. The quantitative estimate of drug-likeness (QED) is 0.678. The van der Waals surface area contributed by atoms with Crippen molar-refractivity contribution in [3.8, 4) is 0 Å². The SMILES string of the molecule is COC(=O)CC(NC(=O)C(C)NC(=O)OC(C)(C)C)c1cccc(Br)c1. The van der Waals surface area contributed by atoms with Gasteiger partial charge in [0.25, 0.3) is 0 Å². The first-order chi connectivity index (χ1) is 12.0. The van der Waals surface area contributed by atoms with Gasteiger partial charge in [0.1, 0.15) is 11.6 Å². The van der Waals surface area contributed by atoms with Gasteiger partial charge >= 0.3 is 12.1 Å². The van der Waals surface area contributed by atoms with Crippen LogP contribution in [0.3, 0.4) is 0 Å². The predicted octanol–water partition coefficient (Wildman–Crippen LogP) is 3.08. The van der Waals surface area contributed by atoms with E-state index in [0.29, 0.717) is 0 Å². The van der Waals surface area contributed by atoms with Gasteiger partial charge in [-0.25, -0.2) is 4.79 Å². The normalized spacial score (nSPS) is 13.3. The Bertz CT molecular complexity index is 657. The standard InChI is InChI=1S/C18H25BrN2O5/c1-11(20-17(24)26-18(2,3)4)16(23)21-14(10-15(22)25-5)12-7-6-8-13(19)9-12/h6-9,11,14H,10H2,1-5H3,(H,20,24)(H,21,23). The molecule has 7 nitrogen and oxygen atoms in total. The fraction of sp³-hybridized carbons (Fsp3) is 0.500. The Morgan fingerprint density at radius 1 is 1.19 bits per heavy atom. The van der Waals surface area contributed by atoms with Crippen molar-refractivity contribution in [2.24, 2.45) is 0 Å². The van der Waals surface area contributed by atoms with E-state index in [0.717, 1.165) is 10.0 Å². The van der Waals surface area contributed by atoms with Crippen LogP contribution in [0.4, 0.5) is 4.79 Å². The van der Waals surface area contributed by atoms with Crippen LogP contribution in [0.1, 0.15) is 45.7 Å². The topological polar surface area (TPSA) is 93.7 Å². The van der Waals surface area contributed by atoms with E-state index in [2.05, 4.69) is 26.6 Å². The van der Waals surface area contributed by atoms with Crippen LogP contribution in [-0.2, 0) is 19.1 Å². The fourth-order valence-corrected chi connectivity index (χ4v) is 2.49. The van der Waals surface area contributed by atoms with E-state index in [1.165, 1.54) is 14.0 Å². The zero-order chi connectivity index (χ0) is 19.9. The number of esters is 1. The summed E-state index contributed by atoms with van der Waals surface area (Å²) >= 11 is 3.37. The van der Waals surface area contributed by atoms with Crippen molar-refractivity contribution < 1.29 is 23.9 Å². The van der Waals surface area contributed by atoms with E-state index in [1.54, 1.807) is 39.0 Å². The van der Waals surface area contributed by atoms with Gasteiger partial charge in [-0.1, -0.05) is 28.1 Å². The van der Waals surface area contributed by atoms with Crippen LogP contribution >= 0.6 is 15.9 Å². The van der Waals surface area contributed by atoms with Gasteiger partial charge in [0.2, 0.25) is 5.91 Å². The number of ether oxygens (including phenoxy) is 2. The van der Waals surface area contributed by atoms with E-state index in [-0.39, 0.29) is 6.42 Å². The second-order valence-electron chi connectivity index (χ2n) is 6.76. The lowest BCUT2D eigenvalue weighted by atomic mass is 10.0. The molecule has 0 fully saturated rings. The molecule has 0 bridgehead atoms. The van der Waals surface area contributed by atoms with Crippen molar-refractivity contribution in [3.63, 3.8) is 0 Å². The van der Waals surface area contributed by atoms with Crippen molar-refractivity contribution in [3.05, 3.63) is 34.3 Å².